The van der Waals surface area contributed by atoms with E-state index in [1.807, 2.05) is 18.2 Å². The van der Waals surface area contributed by atoms with E-state index in [0.29, 0.717) is 28.1 Å². The second kappa shape index (κ2) is 8.53. The van der Waals surface area contributed by atoms with Crippen molar-refractivity contribution in [2.24, 2.45) is 0 Å². The number of hydrogen-bond donors (Lipinski definition) is 1. The summed E-state index contributed by atoms with van der Waals surface area (Å²) in [4.78, 5) is 0. The average Bonchev–Trinajstić information content (AvgIpc) is 2.52. The van der Waals surface area contributed by atoms with Crippen molar-refractivity contribution in [2.45, 2.75) is 6.54 Å². The number of methoxy groups -OCH3 is 1. The lowest BCUT2D eigenvalue weighted by Gasteiger charge is -2.14. The first-order valence-corrected chi connectivity index (χ1v) is 8.50. The third-order valence-electron chi connectivity index (χ3n) is 3.00. The molecule has 0 aromatic heterocycles. The quantitative estimate of drug-likeness (QED) is 0.472. The fourth-order valence-electron chi connectivity index (χ4n) is 1.96. The molecule has 2 rings (SSSR count). The summed E-state index contributed by atoms with van der Waals surface area (Å²) in [5, 5.41) is 4.46. The Balaban J connectivity index is 2.17. The average molecular weight is 462 g/mol. The number of nitrogens with one attached hydrogen (secondary N) is 1. The normalized spacial score (nSPS) is 10.0. The number of ether oxygens (including phenoxy) is 2. The predicted molar refractivity (Wildman–Crippen MR) is 104 cm³/mol. The maximum Gasteiger partial charge on any atom is 0.175 e. The molecule has 0 amide bonds. The largest absolute Gasteiger partial charge is 0.493 e. The van der Waals surface area contributed by atoms with Gasteiger partial charge in [-0.1, -0.05) is 29.1 Å². The fourth-order valence-corrected chi connectivity index (χ4v) is 3.26. The molecule has 6 heteroatoms. The van der Waals surface area contributed by atoms with E-state index in [1.165, 1.54) is 0 Å². The zero-order valence-corrected chi connectivity index (χ0v) is 16.0. The van der Waals surface area contributed by atoms with Gasteiger partial charge < -0.3 is 14.8 Å². The molecule has 0 aliphatic carbocycles. The Labute approximate surface area is 159 Å². The molecule has 0 bridgehead atoms. The molecule has 0 atom stereocenters. The first-order valence-electron chi connectivity index (χ1n) is 6.66. The Morgan fingerprint density at radius 1 is 1.26 bits per heavy atom. The number of hydrogen-bond acceptors (Lipinski definition) is 3. The summed E-state index contributed by atoms with van der Waals surface area (Å²) < 4.78 is 11.8. The van der Waals surface area contributed by atoms with Crippen molar-refractivity contribution in [3.63, 3.8) is 0 Å². The van der Waals surface area contributed by atoms with Gasteiger partial charge in [0.25, 0.3) is 0 Å². The number of halogens is 3. The summed E-state index contributed by atoms with van der Waals surface area (Å²) in [6, 6.07) is 9.25. The molecule has 120 valence electrons. The van der Waals surface area contributed by atoms with E-state index in [4.69, 9.17) is 39.1 Å². The maximum absolute atomic E-state index is 6.16. The number of benzene rings is 2. The summed E-state index contributed by atoms with van der Waals surface area (Å²) in [6.45, 7) is 0.785. The van der Waals surface area contributed by atoms with Gasteiger partial charge in [0.05, 0.1) is 21.4 Å². The van der Waals surface area contributed by atoms with Crippen molar-refractivity contribution in [1.82, 2.24) is 0 Å². The Kier molecular flexibility index (Phi) is 6.70. The SMILES string of the molecule is C#CCOc1c(I)cc(CNc2ccc(Cl)cc2Cl)cc1OC. The second-order valence-electron chi connectivity index (χ2n) is 4.58. The highest BCUT2D eigenvalue weighted by molar-refractivity contribution is 14.1. The van der Waals surface area contributed by atoms with Crippen LogP contribution in [0.4, 0.5) is 5.69 Å². The maximum atomic E-state index is 6.16. The number of terminal acetylenes is 1. The molecule has 0 saturated heterocycles. The number of rotatable bonds is 6. The van der Waals surface area contributed by atoms with E-state index < -0.39 is 0 Å². The Bertz CT molecular complexity index is 744. The van der Waals surface area contributed by atoms with Crippen LogP contribution in [0.3, 0.4) is 0 Å². The van der Waals surface area contributed by atoms with Gasteiger partial charge in [-0.3, -0.25) is 0 Å². The van der Waals surface area contributed by atoms with Crippen LogP contribution < -0.4 is 14.8 Å². The molecular weight excluding hydrogens is 448 g/mol. The van der Waals surface area contributed by atoms with Crippen LogP contribution in [0.25, 0.3) is 0 Å². The van der Waals surface area contributed by atoms with E-state index >= 15 is 0 Å². The van der Waals surface area contributed by atoms with E-state index in [0.717, 1.165) is 14.8 Å². The highest BCUT2D eigenvalue weighted by Gasteiger charge is 2.11. The van der Waals surface area contributed by atoms with Crippen LogP contribution in [-0.4, -0.2) is 13.7 Å². The van der Waals surface area contributed by atoms with Gasteiger partial charge >= 0.3 is 0 Å². The van der Waals surface area contributed by atoms with Crippen LogP contribution in [0.2, 0.25) is 10.0 Å². The van der Waals surface area contributed by atoms with Gasteiger partial charge in [-0.25, -0.2) is 0 Å². The Hall–Kier alpha value is -1.29. The van der Waals surface area contributed by atoms with Crippen molar-refractivity contribution in [1.29, 1.82) is 0 Å². The van der Waals surface area contributed by atoms with Gasteiger partial charge in [-0.2, -0.15) is 0 Å². The monoisotopic (exact) mass is 461 g/mol. The van der Waals surface area contributed by atoms with Gasteiger partial charge in [0.15, 0.2) is 11.5 Å². The predicted octanol–water partition coefficient (Wildman–Crippen LogP) is 5.23. The molecular formula is C17H14Cl2INO2. The minimum absolute atomic E-state index is 0.199. The van der Waals surface area contributed by atoms with Crippen molar-refractivity contribution in [3.05, 3.63) is 49.5 Å². The van der Waals surface area contributed by atoms with Crippen molar-refractivity contribution in [3.8, 4) is 23.8 Å². The van der Waals surface area contributed by atoms with Gasteiger partial charge in [0.2, 0.25) is 0 Å². The van der Waals surface area contributed by atoms with Crippen LogP contribution in [0, 0.1) is 15.9 Å². The lowest BCUT2D eigenvalue weighted by atomic mass is 10.2. The summed E-state index contributed by atoms with van der Waals surface area (Å²) in [5.41, 5.74) is 1.85. The molecule has 2 aromatic rings. The minimum atomic E-state index is 0.199. The van der Waals surface area contributed by atoms with Crippen molar-refractivity contribution in [2.75, 3.05) is 19.0 Å². The second-order valence-corrected chi connectivity index (χ2v) is 6.59. The standard InChI is InChI=1S/C17H14Cl2INO2/c1-3-6-23-17-14(20)7-11(8-16(17)22-2)10-21-15-5-4-12(18)9-13(15)19/h1,4-5,7-9,21H,6,10H2,2H3. The molecule has 2 aromatic carbocycles. The third kappa shape index (κ3) is 4.84. The van der Waals surface area contributed by atoms with Crippen molar-refractivity contribution >= 4 is 51.5 Å². The molecule has 0 fully saturated rings. The summed E-state index contributed by atoms with van der Waals surface area (Å²) in [6.07, 6.45) is 5.23. The lowest BCUT2D eigenvalue weighted by Crippen LogP contribution is -2.04. The topological polar surface area (TPSA) is 30.5 Å². The van der Waals surface area contributed by atoms with Crippen molar-refractivity contribution < 1.29 is 9.47 Å². The van der Waals surface area contributed by atoms with E-state index in [1.54, 1.807) is 19.2 Å². The number of anilines is 1. The zero-order valence-electron chi connectivity index (χ0n) is 12.3. The molecule has 0 spiro atoms. The van der Waals surface area contributed by atoms with Gasteiger partial charge in [0.1, 0.15) is 6.61 Å². The summed E-state index contributed by atoms with van der Waals surface area (Å²) >= 11 is 14.2. The Morgan fingerprint density at radius 2 is 2.04 bits per heavy atom. The first-order chi connectivity index (χ1) is 11.0. The molecule has 0 aliphatic rings. The molecule has 23 heavy (non-hydrogen) atoms. The lowest BCUT2D eigenvalue weighted by molar-refractivity contribution is 0.328. The van der Waals surface area contributed by atoms with E-state index in [9.17, 15) is 0 Å². The van der Waals surface area contributed by atoms with Crippen LogP contribution in [-0.2, 0) is 6.54 Å². The van der Waals surface area contributed by atoms with Crippen LogP contribution in [0.5, 0.6) is 11.5 Å². The van der Waals surface area contributed by atoms with Crippen LogP contribution >= 0.6 is 45.8 Å². The third-order valence-corrected chi connectivity index (χ3v) is 4.35. The molecule has 3 nitrogen and oxygen atoms in total. The highest BCUT2D eigenvalue weighted by Crippen LogP contribution is 2.34. The van der Waals surface area contributed by atoms with Crippen LogP contribution in [0.1, 0.15) is 5.56 Å². The minimum Gasteiger partial charge on any atom is -0.493 e. The molecule has 0 radical (unpaired) electrons. The van der Waals surface area contributed by atoms with Gasteiger partial charge in [-0.05, 0) is 58.5 Å². The van der Waals surface area contributed by atoms with Gasteiger partial charge in [0, 0.05) is 11.6 Å². The zero-order chi connectivity index (χ0) is 16.8. The van der Waals surface area contributed by atoms with E-state index in [-0.39, 0.29) is 6.61 Å². The van der Waals surface area contributed by atoms with Gasteiger partial charge in [-0.15, -0.1) is 6.42 Å². The summed E-state index contributed by atoms with van der Waals surface area (Å²) in [5.74, 6) is 3.74. The smallest absolute Gasteiger partial charge is 0.175 e. The van der Waals surface area contributed by atoms with E-state index in [2.05, 4.69) is 33.8 Å². The molecule has 1 N–H and O–H groups in total. The molecule has 0 saturated carbocycles. The highest BCUT2D eigenvalue weighted by atomic mass is 127. The molecule has 0 heterocycles. The summed E-state index contributed by atoms with van der Waals surface area (Å²) in [7, 11) is 1.60. The first kappa shape index (κ1) is 18.1. The van der Waals surface area contributed by atoms with Crippen LogP contribution in [0.15, 0.2) is 30.3 Å². The molecule has 0 aliphatic heterocycles. The fraction of sp³-hybridized carbons (Fsp3) is 0.176. The Morgan fingerprint density at radius 3 is 2.70 bits per heavy atom. The molecule has 0 unspecified atom stereocenters.